The van der Waals surface area contributed by atoms with Crippen LogP contribution in [0.4, 0.5) is 0 Å². The van der Waals surface area contributed by atoms with Crippen LogP contribution in [0.2, 0.25) is 10.0 Å². The van der Waals surface area contributed by atoms with Crippen LogP contribution in [0, 0.1) is 13.1 Å². The zero-order chi connectivity index (χ0) is 28.6. The lowest BCUT2D eigenvalue weighted by Crippen LogP contribution is -2.35. The lowest BCUT2D eigenvalue weighted by molar-refractivity contribution is 0.0621. The Hall–Kier alpha value is 0.400. The van der Waals surface area contributed by atoms with Crippen LogP contribution >= 0.6 is 68.4 Å². The number of amides is 2. The number of hydrogen-bond donors (Lipinski definition) is 0. The molecule has 1 aromatic carbocycles. The molecule has 1 unspecified atom stereocenters. The Bertz CT molecular complexity index is 862. The molecule has 2 rings (SSSR count). The largest absolute Gasteiger partial charge is 0.274 e. The SMILES string of the molecule is CCCCCCCCCCCCC(CCCCCCCCCC)CN1C(=O)c2c(I)c(Cl)c(Cl)c(I)c2C1=O. The minimum Gasteiger partial charge on any atom is -0.274 e. The van der Waals surface area contributed by atoms with Gasteiger partial charge in [0.25, 0.3) is 11.8 Å². The van der Waals surface area contributed by atoms with Gasteiger partial charge >= 0.3 is 0 Å². The quantitative estimate of drug-likeness (QED) is 0.0385. The molecule has 2 amide bonds. The predicted molar refractivity (Wildman–Crippen MR) is 184 cm³/mol. The van der Waals surface area contributed by atoms with Gasteiger partial charge in [0.15, 0.2) is 0 Å². The van der Waals surface area contributed by atoms with Crippen LogP contribution in [0.3, 0.4) is 0 Å². The van der Waals surface area contributed by atoms with E-state index < -0.39 is 0 Å². The van der Waals surface area contributed by atoms with Crippen LogP contribution in [0.25, 0.3) is 0 Å². The number of halogens is 4. The number of carbonyl (C=O) groups excluding carboxylic acids is 2. The number of nitrogens with zero attached hydrogens (tertiary/aromatic N) is 1. The molecular formula is C32H49Cl2I2NO2. The first-order valence-corrected chi connectivity index (χ1v) is 18.5. The van der Waals surface area contributed by atoms with Crippen molar-refractivity contribution in [3.05, 3.63) is 28.3 Å². The monoisotopic (exact) mass is 803 g/mol. The van der Waals surface area contributed by atoms with Gasteiger partial charge in [-0.05, 0) is 63.9 Å². The van der Waals surface area contributed by atoms with E-state index in [0.717, 1.165) is 12.8 Å². The summed E-state index contributed by atoms with van der Waals surface area (Å²) >= 11 is 16.9. The maximum atomic E-state index is 13.4. The normalized spacial score (nSPS) is 13.9. The highest BCUT2D eigenvalue weighted by Gasteiger charge is 2.41. The van der Waals surface area contributed by atoms with Gasteiger partial charge in [-0.3, -0.25) is 14.5 Å². The summed E-state index contributed by atoms with van der Waals surface area (Å²) in [6, 6.07) is 0. The van der Waals surface area contributed by atoms with Gasteiger partial charge in [-0.25, -0.2) is 0 Å². The lowest BCUT2D eigenvalue weighted by Gasteiger charge is -2.23. The summed E-state index contributed by atoms with van der Waals surface area (Å²) in [5.41, 5.74) is 0.869. The van der Waals surface area contributed by atoms with Gasteiger partial charge in [0.1, 0.15) is 0 Å². The lowest BCUT2D eigenvalue weighted by atomic mass is 9.93. The molecule has 0 spiro atoms. The fraction of sp³-hybridized carbons (Fsp3) is 0.750. The van der Waals surface area contributed by atoms with E-state index >= 15 is 0 Å². The molecule has 0 aromatic heterocycles. The standard InChI is InChI=1S/C32H49Cl2I2NO2/c1-3-5-7-9-11-13-14-16-18-20-22-24(21-19-17-15-12-10-8-6-4-2)23-37-31(38)25-26(32(37)39)30(36)28(34)27(33)29(25)35/h24H,3-23H2,1-2H3. The molecular weight excluding hydrogens is 755 g/mol. The van der Waals surface area contributed by atoms with Crippen molar-refractivity contribution in [2.24, 2.45) is 5.92 Å². The first-order chi connectivity index (χ1) is 18.8. The highest BCUT2D eigenvalue weighted by Crippen LogP contribution is 2.41. The second kappa shape index (κ2) is 20.3. The summed E-state index contributed by atoms with van der Waals surface area (Å²) in [5.74, 6) is -0.0672. The van der Waals surface area contributed by atoms with Gasteiger partial charge in [-0.1, -0.05) is 153 Å². The van der Waals surface area contributed by atoms with Crippen molar-refractivity contribution >= 4 is 80.2 Å². The van der Waals surface area contributed by atoms with E-state index in [1.54, 1.807) is 0 Å². The third-order valence-electron chi connectivity index (χ3n) is 8.06. The molecule has 1 aliphatic heterocycles. The van der Waals surface area contributed by atoms with Crippen molar-refractivity contribution in [3.8, 4) is 0 Å². The van der Waals surface area contributed by atoms with Crippen molar-refractivity contribution in [1.29, 1.82) is 0 Å². The Morgan fingerprint density at radius 3 is 1.21 bits per heavy atom. The van der Waals surface area contributed by atoms with Crippen molar-refractivity contribution in [2.75, 3.05) is 6.54 Å². The van der Waals surface area contributed by atoms with Gasteiger partial charge in [0.05, 0.1) is 21.2 Å². The van der Waals surface area contributed by atoms with E-state index in [4.69, 9.17) is 23.2 Å². The molecule has 0 saturated heterocycles. The first-order valence-electron chi connectivity index (χ1n) is 15.6. The van der Waals surface area contributed by atoms with Crippen LogP contribution in [-0.2, 0) is 0 Å². The van der Waals surface area contributed by atoms with Gasteiger partial charge in [0, 0.05) is 13.7 Å². The Morgan fingerprint density at radius 2 is 0.872 bits per heavy atom. The summed E-state index contributed by atoms with van der Waals surface area (Å²) in [6.45, 7) is 5.03. The minimum absolute atomic E-state index is 0.208. The van der Waals surface area contributed by atoms with E-state index in [-0.39, 0.29) is 11.8 Å². The number of imide groups is 1. The Labute approximate surface area is 275 Å². The van der Waals surface area contributed by atoms with E-state index in [0.29, 0.717) is 40.8 Å². The molecule has 222 valence electrons. The van der Waals surface area contributed by atoms with Crippen molar-refractivity contribution in [1.82, 2.24) is 4.90 Å². The number of fused-ring (bicyclic) bond motifs is 1. The van der Waals surface area contributed by atoms with Crippen LogP contribution in [0.15, 0.2) is 0 Å². The number of benzene rings is 1. The molecule has 0 aliphatic carbocycles. The summed E-state index contributed by atoms with van der Waals surface area (Å²) in [5, 5.41) is 0.730. The second-order valence-electron chi connectivity index (χ2n) is 11.3. The maximum absolute atomic E-state index is 13.4. The van der Waals surface area contributed by atoms with Crippen molar-refractivity contribution < 1.29 is 9.59 Å². The third-order valence-corrected chi connectivity index (χ3v) is 11.7. The van der Waals surface area contributed by atoms with Crippen LogP contribution in [0.1, 0.15) is 163 Å². The second-order valence-corrected chi connectivity index (χ2v) is 14.2. The molecule has 0 radical (unpaired) electrons. The number of unbranched alkanes of at least 4 members (excludes halogenated alkanes) is 16. The maximum Gasteiger partial charge on any atom is 0.262 e. The molecule has 1 atom stereocenters. The average Bonchev–Trinajstić information content (AvgIpc) is 3.17. The van der Waals surface area contributed by atoms with Crippen LogP contribution < -0.4 is 0 Å². The fourth-order valence-electron chi connectivity index (χ4n) is 5.63. The Kier molecular flexibility index (Phi) is 18.6. The van der Waals surface area contributed by atoms with E-state index in [1.165, 1.54) is 120 Å². The number of hydrogen-bond acceptors (Lipinski definition) is 2. The van der Waals surface area contributed by atoms with Crippen molar-refractivity contribution in [2.45, 2.75) is 142 Å². The Morgan fingerprint density at radius 1 is 0.564 bits per heavy atom. The summed E-state index contributed by atoms with van der Waals surface area (Å²) < 4.78 is 1.18. The van der Waals surface area contributed by atoms with Crippen LogP contribution in [-0.4, -0.2) is 23.3 Å². The zero-order valence-electron chi connectivity index (χ0n) is 24.2. The molecule has 0 saturated carbocycles. The minimum atomic E-state index is -0.208. The third kappa shape index (κ3) is 11.5. The molecule has 0 fully saturated rings. The van der Waals surface area contributed by atoms with Gasteiger partial charge in [0.2, 0.25) is 0 Å². The highest BCUT2D eigenvalue weighted by molar-refractivity contribution is 14.1. The average molecular weight is 804 g/mol. The van der Waals surface area contributed by atoms with E-state index in [9.17, 15) is 9.59 Å². The molecule has 3 nitrogen and oxygen atoms in total. The molecule has 1 heterocycles. The molecule has 39 heavy (non-hydrogen) atoms. The molecule has 0 N–H and O–H groups in total. The summed E-state index contributed by atoms with van der Waals surface area (Å²) in [7, 11) is 0. The fourth-order valence-corrected chi connectivity index (χ4v) is 7.87. The topological polar surface area (TPSA) is 37.4 Å². The van der Waals surface area contributed by atoms with Gasteiger partial charge in [-0.15, -0.1) is 0 Å². The van der Waals surface area contributed by atoms with E-state index in [2.05, 4.69) is 59.0 Å². The number of carbonyl (C=O) groups is 2. The van der Waals surface area contributed by atoms with Gasteiger partial charge < -0.3 is 0 Å². The van der Waals surface area contributed by atoms with Crippen LogP contribution in [0.5, 0.6) is 0 Å². The first kappa shape index (κ1) is 35.6. The van der Waals surface area contributed by atoms with E-state index in [1.807, 2.05) is 0 Å². The Balaban J connectivity index is 1.90. The van der Waals surface area contributed by atoms with Crippen molar-refractivity contribution in [3.63, 3.8) is 0 Å². The molecule has 1 aromatic rings. The summed E-state index contributed by atoms with van der Waals surface area (Å²) in [6.07, 6.45) is 25.7. The molecule has 0 bridgehead atoms. The predicted octanol–water partition coefficient (Wildman–Crippen LogP) is 12.3. The summed E-state index contributed by atoms with van der Waals surface area (Å²) in [4.78, 5) is 28.3. The zero-order valence-corrected chi connectivity index (χ0v) is 30.0. The number of rotatable bonds is 22. The van der Waals surface area contributed by atoms with Gasteiger partial charge in [-0.2, -0.15) is 0 Å². The smallest absolute Gasteiger partial charge is 0.262 e. The highest BCUT2D eigenvalue weighted by atomic mass is 127. The molecule has 7 heteroatoms. The molecule has 1 aliphatic rings.